The van der Waals surface area contributed by atoms with Gasteiger partial charge in [0, 0.05) is 31.3 Å². The molecule has 0 spiro atoms. The van der Waals surface area contributed by atoms with Crippen molar-refractivity contribution in [2.75, 3.05) is 6.54 Å². The van der Waals surface area contributed by atoms with E-state index in [0.29, 0.717) is 12.8 Å². The summed E-state index contributed by atoms with van der Waals surface area (Å²) in [5, 5.41) is 3.23. The van der Waals surface area contributed by atoms with E-state index >= 15 is 0 Å². The van der Waals surface area contributed by atoms with Gasteiger partial charge in [0.2, 0.25) is 0 Å². The number of hydrogen-bond donors (Lipinski definition) is 1. The summed E-state index contributed by atoms with van der Waals surface area (Å²) in [6.07, 6.45) is 4.54. The molecule has 1 atom stereocenters. The zero-order valence-electron chi connectivity index (χ0n) is 9.36. The van der Waals surface area contributed by atoms with Gasteiger partial charge in [-0.25, -0.2) is 0 Å². The molecule has 0 radical (unpaired) electrons. The molecule has 1 aromatic heterocycles. The smallest absolute Gasteiger partial charge is 0.138 e. The monoisotopic (exact) mass is 206 g/mol. The summed E-state index contributed by atoms with van der Waals surface area (Å²) >= 11 is 0. The van der Waals surface area contributed by atoms with Crippen LogP contribution >= 0.6 is 0 Å². The molecule has 0 aliphatic carbocycles. The summed E-state index contributed by atoms with van der Waals surface area (Å²) in [6.45, 7) is 4.98. The molecule has 0 aliphatic rings. The number of rotatable bonds is 6. The highest BCUT2D eigenvalue weighted by Gasteiger charge is 2.08. The van der Waals surface area contributed by atoms with Crippen LogP contribution in [-0.2, 0) is 11.2 Å². The largest absolute Gasteiger partial charge is 0.314 e. The van der Waals surface area contributed by atoms with E-state index in [0.717, 1.165) is 12.1 Å². The van der Waals surface area contributed by atoms with E-state index in [1.807, 2.05) is 26.0 Å². The zero-order chi connectivity index (χ0) is 11.1. The van der Waals surface area contributed by atoms with Crippen molar-refractivity contribution in [3.05, 3.63) is 30.1 Å². The summed E-state index contributed by atoms with van der Waals surface area (Å²) in [5.74, 6) is 0.261. The predicted octanol–water partition coefficient (Wildman–Crippen LogP) is 1.58. The molecule has 0 saturated heterocycles. The second kappa shape index (κ2) is 6.30. The summed E-state index contributed by atoms with van der Waals surface area (Å²) < 4.78 is 0. The Morgan fingerprint density at radius 1 is 1.60 bits per heavy atom. The van der Waals surface area contributed by atoms with E-state index in [9.17, 15) is 4.79 Å². The van der Waals surface area contributed by atoms with E-state index in [1.54, 1.807) is 12.4 Å². The molecule has 3 nitrogen and oxygen atoms in total. The van der Waals surface area contributed by atoms with E-state index in [1.165, 1.54) is 0 Å². The molecule has 0 fully saturated rings. The second-order valence-electron chi connectivity index (χ2n) is 3.74. The fraction of sp³-hybridized carbons (Fsp3) is 0.500. The third-order valence-corrected chi connectivity index (χ3v) is 2.21. The maximum Gasteiger partial charge on any atom is 0.138 e. The number of carbonyl (C=O) groups is 1. The Balaban J connectivity index is 2.36. The minimum atomic E-state index is 0.261. The van der Waals surface area contributed by atoms with E-state index in [-0.39, 0.29) is 11.8 Å². The number of aromatic nitrogens is 1. The van der Waals surface area contributed by atoms with Gasteiger partial charge in [0.15, 0.2) is 0 Å². The van der Waals surface area contributed by atoms with Crippen LogP contribution in [0.3, 0.4) is 0 Å². The van der Waals surface area contributed by atoms with Gasteiger partial charge >= 0.3 is 0 Å². The number of hydrogen-bond acceptors (Lipinski definition) is 3. The number of nitrogens with zero attached hydrogens (tertiary/aromatic N) is 1. The third-order valence-electron chi connectivity index (χ3n) is 2.21. The van der Waals surface area contributed by atoms with Crippen LogP contribution in [0.25, 0.3) is 0 Å². The van der Waals surface area contributed by atoms with Gasteiger partial charge in [0.05, 0.1) is 0 Å². The Morgan fingerprint density at radius 3 is 3.00 bits per heavy atom. The van der Waals surface area contributed by atoms with Crippen LogP contribution < -0.4 is 5.32 Å². The lowest BCUT2D eigenvalue weighted by Gasteiger charge is -2.10. The maximum absolute atomic E-state index is 11.6. The molecule has 0 amide bonds. The molecule has 1 aromatic rings. The molecular weight excluding hydrogens is 188 g/mol. The van der Waals surface area contributed by atoms with Crippen LogP contribution in [0.1, 0.15) is 25.8 Å². The standard InChI is InChI=1S/C12H18N2O/c1-3-14-10(2)7-12(15)8-11-5-4-6-13-9-11/h4-6,9-10,14H,3,7-8H2,1-2H3. The van der Waals surface area contributed by atoms with Gasteiger partial charge in [-0.3, -0.25) is 9.78 Å². The molecule has 1 heterocycles. The van der Waals surface area contributed by atoms with Crippen molar-refractivity contribution < 1.29 is 4.79 Å². The highest BCUT2D eigenvalue weighted by molar-refractivity contribution is 5.81. The molecule has 3 heteroatoms. The first-order valence-electron chi connectivity index (χ1n) is 5.36. The average Bonchev–Trinajstić information content (AvgIpc) is 2.19. The molecule has 1 rings (SSSR count). The van der Waals surface area contributed by atoms with E-state index in [4.69, 9.17) is 0 Å². The van der Waals surface area contributed by atoms with Gasteiger partial charge in [-0.1, -0.05) is 13.0 Å². The third kappa shape index (κ3) is 4.70. The second-order valence-corrected chi connectivity index (χ2v) is 3.74. The van der Waals surface area contributed by atoms with Gasteiger partial charge in [0.25, 0.3) is 0 Å². The molecule has 0 saturated carbocycles. The summed E-state index contributed by atoms with van der Waals surface area (Å²) in [6, 6.07) is 4.05. The molecule has 1 N–H and O–H groups in total. The van der Waals surface area contributed by atoms with Gasteiger partial charge in [-0.05, 0) is 25.1 Å². The van der Waals surface area contributed by atoms with Crippen molar-refractivity contribution in [2.45, 2.75) is 32.7 Å². The van der Waals surface area contributed by atoms with Crippen molar-refractivity contribution in [3.63, 3.8) is 0 Å². The number of ketones is 1. The van der Waals surface area contributed by atoms with Crippen molar-refractivity contribution >= 4 is 5.78 Å². The van der Waals surface area contributed by atoms with Crippen molar-refractivity contribution in [3.8, 4) is 0 Å². The number of pyridine rings is 1. The first-order chi connectivity index (χ1) is 7.22. The first-order valence-corrected chi connectivity index (χ1v) is 5.36. The highest BCUT2D eigenvalue weighted by atomic mass is 16.1. The van der Waals surface area contributed by atoms with Gasteiger partial charge < -0.3 is 5.32 Å². The lowest BCUT2D eigenvalue weighted by atomic mass is 10.1. The summed E-state index contributed by atoms with van der Waals surface area (Å²) in [4.78, 5) is 15.6. The topological polar surface area (TPSA) is 42.0 Å². The molecule has 82 valence electrons. The van der Waals surface area contributed by atoms with Crippen molar-refractivity contribution in [1.82, 2.24) is 10.3 Å². The number of nitrogens with one attached hydrogen (secondary N) is 1. The van der Waals surface area contributed by atoms with E-state index in [2.05, 4.69) is 10.3 Å². The Kier molecular flexibility index (Phi) is 4.98. The van der Waals surface area contributed by atoms with Gasteiger partial charge in [-0.2, -0.15) is 0 Å². The minimum absolute atomic E-state index is 0.261. The van der Waals surface area contributed by atoms with Gasteiger partial charge in [0.1, 0.15) is 5.78 Å². The Hall–Kier alpha value is -1.22. The lowest BCUT2D eigenvalue weighted by molar-refractivity contribution is -0.118. The fourth-order valence-electron chi connectivity index (χ4n) is 1.56. The minimum Gasteiger partial charge on any atom is -0.314 e. The van der Waals surface area contributed by atoms with Gasteiger partial charge in [-0.15, -0.1) is 0 Å². The van der Waals surface area contributed by atoms with Crippen LogP contribution in [-0.4, -0.2) is 23.4 Å². The zero-order valence-corrected chi connectivity index (χ0v) is 9.36. The van der Waals surface area contributed by atoms with Crippen LogP contribution in [0.15, 0.2) is 24.5 Å². The SMILES string of the molecule is CCNC(C)CC(=O)Cc1cccnc1. The Labute approximate surface area is 90.9 Å². The maximum atomic E-state index is 11.6. The number of carbonyl (C=O) groups excluding carboxylic acids is 1. The number of Topliss-reactive ketones (excluding diaryl/α,β-unsaturated/α-hetero) is 1. The molecule has 15 heavy (non-hydrogen) atoms. The van der Waals surface area contributed by atoms with Crippen molar-refractivity contribution in [1.29, 1.82) is 0 Å². The Bertz CT molecular complexity index is 298. The van der Waals surface area contributed by atoms with Crippen LogP contribution in [0, 0.1) is 0 Å². The molecular formula is C12H18N2O. The molecule has 0 aliphatic heterocycles. The average molecular weight is 206 g/mol. The van der Waals surface area contributed by atoms with Crippen LogP contribution in [0.2, 0.25) is 0 Å². The normalized spacial score (nSPS) is 12.4. The molecule has 1 unspecified atom stereocenters. The predicted molar refractivity (Wildman–Crippen MR) is 60.7 cm³/mol. The summed E-state index contributed by atoms with van der Waals surface area (Å²) in [5.41, 5.74) is 0.992. The first kappa shape index (κ1) is 11.9. The quantitative estimate of drug-likeness (QED) is 0.768. The molecule has 0 bridgehead atoms. The van der Waals surface area contributed by atoms with Crippen molar-refractivity contribution in [2.24, 2.45) is 0 Å². The lowest BCUT2D eigenvalue weighted by Crippen LogP contribution is -2.28. The Morgan fingerprint density at radius 2 is 2.40 bits per heavy atom. The highest BCUT2D eigenvalue weighted by Crippen LogP contribution is 2.01. The van der Waals surface area contributed by atoms with E-state index < -0.39 is 0 Å². The molecule has 0 aromatic carbocycles. The summed E-state index contributed by atoms with van der Waals surface area (Å²) in [7, 11) is 0. The van der Waals surface area contributed by atoms with Crippen LogP contribution in [0.4, 0.5) is 0 Å². The van der Waals surface area contributed by atoms with Crippen LogP contribution in [0.5, 0.6) is 0 Å². The fourth-order valence-corrected chi connectivity index (χ4v) is 1.56.